The second-order valence-electron chi connectivity index (χ2n) is 4.45. The van der Waals surface area contributed by atoms with Gasteiger partial charge in [-0.25, -0.2) is 4.52 Å². The maximum Gasteiger partial charge on any atom is 0.275 e. The van der Waals surface area contributed by atoms with Crippen molar-refractivity contribution in [2.45, 2.75) is 6.92 Å². The lowest BCUT2D eigenvalue weighted by molar-refractivity contribution is -0.384. The van der Waals surface area contributed by atoms with Crippen molar-refractivity contribution >= 4 is 11.2 Å². The Morgan fingerprint density at radius 2 is 2.00 bits per heavy atom. The van der Waals surface area contributed by atoms with Gasteiger partial charge in [-0.1, -0.05) is 0 Å². The van der Waals surface area contributed by atoms with E-state index in [4.69, 9.17) is 0 Å². The van der Waals surface area contributed by atoms with E-state index in [9.17, 15) is 14.9 Å². The molecule has 7 nitrogen and oxygen atoms in total. The number of nitrogens with zero attached hydrogens (tertiary/aromatic N) is 3. The van der Waals surface area contributed by atoms with Crippen LogP contribution in [0.25, 0.3) is 16.9 Å². The molecule has 0 fully saturated rings. The van der Waals surface area contributed by atoms with Crippen molar-refractivity contribution in [3.63, 3.8) is 0 Å². The molecule has 1 aromatic carbocycles. The highest BCUT2D eigenvalue weighted by molar-refractivity contribution is 5.58. The Bertz CT molecular complexity index is 861. The molecule has 0 aliphatic carbocycles. The normalized spacial score (nSPS) is 10.8. The van der Waals surface area contributed by atoms with E-state index in [0.29, 0.717) is 16.9 Å². The Hall–Kier alpha value is -2.96. The van der Waals surface area contributed by atoms with Gasteiger partial charge in [0.15, 0.2) is 5.82 Å². The molecule has 3 aromatic rings. The number of nitro groups is 1. The zero-order valence-corrected chi connectivity index (χ0v) is 10.5. The monoisotopic (exact) mass is 270 g/mol. The molecule has 0 atom stereocenters. The molecule has 2 aromatic heterocycles. The van der Waals surface area contributed by atoms with E-state index in [-0.39, 0.29) is 11.2 Å². The third kappa shape index (κ3) is 1.95. The van der Waals surface area contributed by atoms with Crippen molar-refractivity contribution in [2.24, 2.45) is 0 Å². The number of hydrogen-bond donors (Lipinski definition) is 1. The van der Waals surface area contributed by atoms with E-state index in [1.54, 1.807) is 24.4 Å². The van der Waals surface area contributed by atoms with Crippen LogP contribution in [0.15, 0.2) is 41.3 Å². The summed E-state index contributed by atoms with van der Waals surface area (Å²) in [5, 5.41) is 14.9. The summed E-state index contributed by atoms with van der Waals surface area (Å²) >= 11 is 0. The molecule has 2 heterocycles. The minimum atomic E-state index is -0.474. The number of nitrogens with one attached hydrogen (secondary N) is 1. The summed E-state index contributed by atoms with van der Waals surface area (Å²) in [6, 6.07) is 7.60. The fraction of sp³-hybridized carbons (Fsp3) is 0.0769. The average Bonchev–Trinajstić information content (AvgIpc) is 2.80. The van der Waals surface area contributed by atoms with Crippen LogP contribution in [0.3, 0.4) is 0 Å². The molecule has 0 unspecified atom stereocenters. The van der Waals surface area contributed by atoms with Gasteiger partial charge in [-0.05, 0) is 30.7 Å². The van der Waals surface area contributed by atoms with Crippen LogP contribution in [0.5, 0.6) is 0 Å². The first kappa shape index (κ1) is 12.1. The Kier molecular flexibility index (Phi) is 2.60. The van der Waals surface area contributed by atoms with Crippen molar-refractivity contribution in [3.05, 3.63) is 62.6 Å². The van der Waals surface area contributed by atoms with Crippen molar-refractivity contribution in [2.75, 3.05) is 0 Å². The highest BCUT2D eigenvalue weighted by Gasteiger charge is 2.09. The van der Waals surface area contributed by atoms with Gasteiger partial charge in [-0.2, -0.15) is 0 Å². The first-order chi connectivity index (χ1) is 9.54. The van der Waals surface area contributed by atoms with Gasteiger partial charge in [0, 0.05) is 23.9 Å². The van der Waals surface area contributed by atoms with Gasteiger partial charge in [-0.3, -0.25) is 14.9 Å². The Balaban J connectivity index is 2.14. The zero-order chi connectivity index (χ0) is 14.3. The quantitative estimate of drug-likeness (QED) is 0.568. The van der Waals surface area contributed by atoms with Gasteiger partial charge < -0.3 is 4.98 Å². The molecule has 20 heavy (non-hydrogen) atoms. The average molecular weight is 270 g/mol. The van der Waals surface area contributed by atoms with E-state index in [1.165, 1.54) is 16.6 Å². The molecule has 100 valence electrons. The molecule has 1 N–H and O–H groups in total. The summed E-state index contributed by atoms with van der Waals surface area (Å²) in [6.45, 7) is 1.87. The molecule has 0 saturated carbocycles. The number of hydrogen-bond acceptors (Lipinski definition) is 4. The van der Waals surface area contributed by atoms with Crippen LogP contribution >= 0.6 is 0 Å². The Morgan fingerprint density at radius 3 is 2.65 bits per heavy atom. The summed E-state index contributed by atoms with van der Waals surface area (Å²) in [6.07, 6.45) is 1.75. The molecule has 0 bridgehead atoms. The van der Waals surface area contributed by atoms with Crippen LogP contribution in [0.4, 0.5) is 5.69 Å². The molecule has 0 aliphatic heterocycles. The van der Waals surface area contributed by atoms with Crippen molar-refractivity contribution in [1.82, 2.24) is 14.6 Å². The first-order valence-corrected chi connectivity index (χ1v) is 5.89. The van der Waals surface area contributed by atoms with E-state index in [0.717, 1.165) is 5.56 Å². The number of aromatic nitrogens is 3. The molecular formula is C13H10N4O3. The van der Waals surface area contributed by atoms with Gasteiger partial charge in [0.25, 0.3) is 11.2 Å². The summed E-state index contributed by atoms with van der Waals surface area (Å²) in [7, 11) is 0. The highest BCUT2D eigenvalue weighted by atomic mass is 16.6. The lowest BCUT2D eigenvalue weighted by atomic mass is 10.2. The van der Waals surface area contributed by atoms with Gasteiger partial charge in [0.05, 0.1) is 4.92 Å². The number of aromatic amines is 1. The number of non-ortho nitro benzene ring substituents is 1. The molecule has 3 rings (SSSR count). The molecule has 0 radical (unpaired) electrons. The third-order valence-electron chi connectivity index (χ3n) is 2.96. The van der Waals surface area contributed by atoms with Gasteiger partial charge >= 0.3 is 0 Å². The summed E-state index contributed by atoms with van der Waals surface area (Å²) in [4.78, 5) is 24.7. The Labute approximate surface area is 112 Å². The topological polar surface area (TPSA) is 93.3 Å². The largest absolute Gasteiger partial charge is 0.303 e. The fourth-order valence-electron chi connectivity index (χ4n) is 2.01. The van der Waals surface area contributed by atoms with Crippen LogP contribution in [-0.2, 0) is 0 Å². The van der Waals surface area contributed by atoms with E-state index >= 15 is 0 Å². The van der Waals surface area contributed by atoms with Crippen LogP contribution in [-0.4, -0.2) is 19.5 Å². The maximum atomic E-state index is 11.9. The van der Waals surface area contributed by atoms with E-state index in [2.05, 4.69) is 10.1 Å². The summed E-state index contributed by atoms with van der Waals surface area (Å²) in [5.74, 6) is 0.369. The van der Waals surface area contributed by atoms with Crippen molar-refractivity contribution in [3.8, 4) is 11.4 Å². The SMILES string of the molecule is Cc1cc2c(=O)[nH]c(-c3ccc([N+](=O)[O-])cc3)nn2c1. The highest BCUT2D eigenvalue weighted by Crippen LogP contribution is 2.18. The lowest BCUT2D eigenvalue weighted by Crippen LogP contribution is -2.13. The number of rotatable bonds is 2. The molecule has 7 heteroatoms. The minimum absolute atomic E-state index is 0.00557. The van der Waals surface area contributed by atoms with Gasteiger partial charge in [0.2, 0.25) is 0 Å². The second-order valence-corrected chi connectivity index (χ2v) is 4.45. The Morgan fingerprint density at radius 1 is 1.30 bits per heavy atom. The first-order valence-electron chi connectivity index (χ1n) is 5.89. The minimum Gasteiger partial charge on any atom is -0.303 e. The lowest BCUT2D eigenvalue weighted by Gasteiger charge is -2.01. The van der Waals surface area contributed by atoms with Crippen LogP contribution in [0.1, 0.15) is 5.56 Å². The number of aryl methyl sites for hydroxylation is 1. The van der Waals surface area contributed by atoms with Crippen LogP contribution in [0, 0.1) is 17.0 Å². The standard InChI is InChI=1S/C13H10N4O3/c1-8-6-11-13(18)14-12(15-16(11)7-8)9-2-4-10(5-3-9)17(19)20/h2-7H,1H3,(H,14,15,18). The fourth-order valence-corrected chi connectivity index (χ4v) is 2.01. The van der Waals surface area contributed by atoms with E-state index < -0.39 is 4.92 Å². The van der Waals surface area contributed by atoms with Crippen LogP contribution in [0.2, 0.25) is 0 Å². The molecule has 0 amide bonds. The van der Waals surface area contributed by atoms with Gasteiger partial charge in [0.1, 0.15) is 5.52 Å². The smallest absolute Gasteiger partial charge is 0.275 e. The summed E-state index contributed by atoms with van der Waals surface area (Å²) in [5.41, 5.74) is 1.76. The molecule has 0 aliphatic rings. The number of benzene rings is 1. The number of fused-ring (bicyclic) bond motifs is 1. The predicted molar refractivity (Wildman–Crippen MR) is 72.6 cm³/mol. The predicted octanol–water partition coefficient (Wildman–Crippen LogP) is 1.91. The van der Waals surface area contributed by atoms with Crippen molar-refractivity contribution < 1.29 is 4.92 Å². The zero-order valence-electron chi connectivity index (χ0n) is 10.5. The third-order valence-corrected chi connectivity index (χ3v) is 2.96. The van der Waals surface area contributed by atoms with E-state index in [1.807, 2.05) is 6.92 Å². The molecule has 0 spiro atoms. The second kappa shape index (κ2) is 4.30. The molecule has 0 saturated heterocycles. The van der Waals surface area contributed by atoms with Crippen LogP contribution < -0.4 is 5.56 Å². The summed E-state index contributed by atoms with van der Waals surface area (Å²) < 4.78 is 1.50. The van der Waals surface area contributed by atoms with Crippen molar-refractivity contribution in [1.29, 1.82) is 0 Å². The maximum absolute atomic E-state index is 11.9. The number of nitro benzene ring substituents is 1. The molecular weight excluding hydrogens is 260 g/mol. The van der Waals surface area contributed by atoms with Gasteiger partial charge in [-0.15, -0.1) is 5.10 Å². The number of H-pyrrole nitrogens is 1.